The molecule has 0 spiro atoms. The van der Waals surface area contributed by atoms with Crippen molar-refractivity contribution in [1.29, 1.82) is 0 Å². The first kappa shape index (κ1) is 15.4. The molecule has 22 heavy (non-hydrogen) atoms. The Bertz CT molecular complexity index is 662. The van der Waals surface area contributed by atoms with E-state index < -0.39 is 0 Å². The minimum absolute atomic E-state index is 0.519. The highest BCUT2D eigenvalue weighted by atomic mass is 35.5. The second-order valence-corrected chi connectivity index (χ2v) is 6.50. The van der Waals surface area contributed by atoms with E-state index in [1.165, 1.54) is 12.8 Å². The maximum absolute atomic E-state index is 6.04. The number of nitrogens with zero attached hydrogens (tertiary/aromatic N) is 3. The van der Waals surface area contributed by atoms with Crippen LogP contribution in [0, 0.1) is 5.92 Å². The minimum atomic E-state index is 0.519. The number of benzene rings is 1. The van der Waals surface area contributed by atoms with Gasteiger partial charge in [0, 0.05) is 25.0 Å². The van der Waals surface area contributed by atoms with E-state index in [1.807, 2.05) is 12.1 Å². The summed E-state index contributed by atoms with van der Waals surface area (Å²) in [6.45, 7) is 4.29. The van der Waals surface area contributed by atoms with Crippen LogP contribution in [0.15, 0.2) is 30.5 Å². The summed E-state index contributed by atoms with van der Waals surface area (Å²) in [5.41, 5.74) is 0.853. The first-order chi connectivity index (χ1) is 10.6. The van der Waals surface area contributed by atoms with Gasteiger partial charge in [-0.25, -0.2) is 4.98 Å². The van der Waals surface area contributed by atoms with Crippen LogP contribution >= 0.6 is 23.2 Å². The number of anilines is 3. The van der Waals surface area contributed by atoms with Crippen LogP contribution in [-0.4, -0.2) is 23.1 Å². The second-order valence-electron chi connectivity index (χ2n) is 5.69. The molecule has 1 fully saturated rings. The van der Waals surface area contributed by atoms with Crippen LogP contribution in [0.5, 0.6) is 0 Å². The summed E-state index contributed by atoms with van der Waals surface area (Å²) < 4.78 is 0. The molecule has 1 atom stereocenters. The quantitative estimate of drug-likeness (QED) is 0.876. The molecule has 2 heterocycles. The van der Waals surface area contributed by atoms with E-state index in [0.29, 0.717) is 16.0 Å². The summed E-state index contributed by atoms with van der Waals surface area (Å²) in [4.78, 5) is 11.2. The monoisotopic (exact) mass is 336 g/mol. The molecule has 1 N–H and O–H groups in total. The summed E-state index contributed by atoms with van der Waals surface area (Å²) in [7, 11) is 0. The Balaban J connectivity index is 1.77. The zero-order valence-corrected chi connectivity index (χ0v) is 13.9. The number of piperidine rings is 1. The lowest BCUT2D eigenvalue weighted by Gasteiger charge is -2.30. The van der Waals surface area contributed by atoms with Gasteiger partial charge in [-0.1, -0.05) is 30.1 Å². The largest absolute Gasteiger partial charge is 0.341 e. The molecule has 1 aliphatic rings. The van der Waals surface area contributed by atoms with E-state index in [2.05, 4.69) is 27.1 Å². The predicted molar refractivity (Wildman–Crippen MR) is 92.4 cm³/mol. The Morgan fingerprint density at radius 2 is 2.09 bits per heavy atom. The summed E-state index contributed by atoms with van der Waals surface area (Å²) >= 11 is 12.0. The molecule has 6 heteroatoms. The third kappa shape index (κ3) is 3.62. The first-order valence-corrected chi connectivity index (χ1v) is 8.17. The van der Waals surface area contributed by atoms with Crippen molar-refractivity contribution in [3.8, 4) is 0 Å². The fourth-order valence-electron chi connectivity index (χ4n) is 2.66. The number of hydrogen-bond acceptors (Lipinski definition) is 4. The fraction of sp³-hybridized carbons (Fsp3) is 0.375. The molecule has 1 aliphatic heterocycles. The Kier molecular flexibility index (Phi) is 4.69. The third-order valence-corrected chi connectivity index (χ3v) is 4.51. The first-order valence-electron chi connectivity index (χ1n) is 7.42. The number of halogens is 2. The Morgan fingerprint density at radius 3 is 2.86 bits per heavy atom. The zero-order valence-electron chi connectivity index (χ0n) is 12.4. The van der Waals surface area contributed by atoms with Crippen molar-refractivity contribution >= 4 is 40.7 Å². The summed E-state index contributed by atoms with van der Waals surface area (Å²) in [6, 6.07) is 7.27. The van der Waals surface area contributed by atoms with Crippen LogP contribution in [0.2, 0.25) is 10.0 Å². The average molecular weight is 337 g/mol. The smallest absolute Gasteiger partial charge is 0.227 e. The Labute approximate surface area is 140 Å². The lowest BCUT2D eigenvalue weighted by atomic mass is 10.0. The van der Waals surface area contributed by atoms with Gasteiger partial charge in [-0.2, -0.15) is 4.98 Å². The van der Waals surface area contributed by atoms with Gasteiger partial charge < -0.3 is 10.2 Å². The van der Waals surface area contributed by atoms with Crippen molar-refractivity contribution in [3.63, 3.8) is 0 Å². The molecule has 116 valence electrons. The van der Waals surface area contributed by atoms with Crippen molar-refractivity contribution in [3.05, 3.63) is 40.5 Å². The molecule has 3 rings (SSSR count). The van der Waals surface area contributed by atoms with Crippen LogP contribution in [0.3, 0.4) is 0 Å². The Hall–Kier alpha value is -1.52. The van der Waals surface area contributed by atoms with Gasteiger partial charge in [0.2, 0.25) is 5.95 Å². The van der Waals surface area contributed by atoms with E-state index in [9.17, 15) is 0 Å². The number of aromatic nitrogens is 2. The molecule has 2 aromatic rings. The van der Waals surface area contributed by atoms with E-state index in [0.717, 1.165) is 30.5 Å². The SMILES string of the molecule is CC1CCCN(c2nccc(Nc3ccc(Cl)c(Cl)c3)n2)C1. The molecule has 0 aliphatic carbocycles. The molecule has 1 aromatic carbocycles. The predicted octanol–water partition coefficient (Wildman–Crippen LogP) is 4.76. The molecule has 0 saturated carbocycles. The van der Waals surface area contributed by atoms with E-state index in [-0.39, 0.29) is 0 Å². The topological polar surface area (TPSA) is 41.1 Å². The fourth-order valence-corrected chi connectivity index (χ4v) is 2.96. The normalized spacial score (nSPS) is 18.3. The minimum Gasteiger partial charge on any atom is -0.341 e. The van der Waals surface area contributed by atoms with Gasteiger partial charge in [0.05, 0.1) is 10.0 Å². The highest BCUT2D eigenvalue weighted by molar-refractivity contribution is 6.42. The highest BCUT2D eigenvalue weighted by Gasteiger charge is 2.18. The van der Waals surface area contributed by atoms with Crippen LogP contribution in [0.1, 0.15) is 19.8 Å². The number of hydrogen-bond donors (Lipinski definition) is 1. The van der Waals surface area contributed by atoms with Gasteiger partial charge >= 0.3 is 0 Å². The van der Waals surface area contributed by atoms with Gasteiger partial charge in [0.15, 0.2) is 0 Å². The summed E-state index contributed by atoms with van der Waals surface area (Å²) in [5, 5.41) is 4.30. The molecule has 1 saturated heterocycles. The van der Waals surface area contributed by atoms with Gasteiger partial charge in [-0.05, 0) is 43.0 Å². The maximum Gasteiger partial charge on any atom is 0.227 e. The van der Waals surface area contributed by atoms with Crippen molar-refractivity contribution < 1.29 is 0 Å². The van der Waals surface area contributed by atoms with Crippen LogP contribution in [0.25, 0.3) is 0 Å². The van der Waals surface area contributed by atoms with Gasteiger partial charge in [-0.3, -0.25) is 0 Å². The number of nitrogens with one attached hydrogen (secondary N) is 1. The van der Waals surface area contributed by atoms with Crippen LogP contribution in [-0.2, 0) is 0 Å². The lowest BCUT2D eigenvalue weighted by molar-refractivity contribution is 0.442. The van der Waals surface area contributed by atoms with Crippen LogP contribution in [0.4, 0.5) is 17.5 Å². The molecular weight excluding hydrogens is 319 g/mol. The van der Waals surface area contributed by atoms with Gasteiger partial charge in [0.1, 0.15) is 5.82 Å². The van der Waals surface area contributed by atoms with E-state index in [1.54, 1.807) is 18.3 Å². The van der Waals surface area contributed by atoms with Gasteiger partial charge in [-0.15, -0.1) is 0 Å². The lowest BCUT2D eigenvalue weighted by Crippen LogP contribution is -2.35. The van der Waals surface area contributed by atoms with E-state index >= 15 is 0 Å². The summed E-state index contributed by atoms with van der Waals surface area (Å²) in [5.74, 6) is 2.21. The maximum atomic E-state index is 6.04. The number of rotatable bonds is 3. The Morgan fingerprint density at radius 1 is 1.23 bits per heavy atom. The molecular formula is C16H18Cl2N4. The average Bonchev–Trinajstić information content (AvgIpc) is 2.51. The summed E-state index contributed by atoms with van der Waals surface area (Å²) in [6.07, 6.45) is 4.24. The van der Waals surface area contributed by atoms with Crippen molar-refractivity contribution in [1.82, 2.24) is 9.97 Å². The van der Waals surface area contributed by atoms with Crippen molar-refractivity contribution in [2.45, 2.75) is 19.8 Å². The van der Waals surface area contributed by atoms with E-state index in [4.69, 9.17) is 23.2 Å². The van der Waals surface area contributed by atoms with Crippen molar-refractivity contribution in [2.75, 3.05) is 23.3 Å². The van der Waals surface area contributed by atoms with Crippen LogP contribution < -0.4 is 10.2 Å². The standard InChI is InChI=1S/C16H18Cl2N4/c1-11-3-2-8-22(10-11)16-19-7-6-15(21-16)20-12-4-5-13(17)14(18)9-12/h4-7,9,11H,2-3,8,10H2,1H3,(H,19,20,21). The molecule has 1 unspecified atom stereocenters. The molecule has 4 nitrogen and oxygen atoms in total. The van der Waals surface area contributed by atoms with Gasteiger partial charge in [0.25, 0.3) is 0 Å². The molecule has 0 radical (unpaired) electrons. The second kappa shape index (κ2) is 6.71. The third-order valence-electron chi connectivity index (χ3n) is 3.77. The van der Waals surface area contributed by atoms with Crippen molar-refractivity contribution in [2.24, 2.45) is 5.92 Å². The highest BCUT2D eigenvalue weighted by Crippen LogP contribution is 2.27. The molecule has 0 bridgehead atoms. The zero-order chi connectivity index (χ0) is 15.5. The molecule has 0 amide bonds. The molecule has 1 aromatic heterocycles.